The van der Waals surface area contributed by atoms with Crippen LogP contribution < -0.4 is 5.73 Å². The van der Waals surface area contributed by atoms with Gasteiger partial charge in [0, 0.05) is 11.8 Å². The molecule has 2 aliphatic rings. The minimum absolute atomic E-state index is 0.00116. The van der Waals surface area contributed by atoms with Crippen LogP contribution in [0.5, 0.6) is 0 Å². The first-order chi connectivity index (χ1) is 11.1. The number of nitrogens with zero attached hydrogens (tertiary/aromatic N) is 3. The predicted octanol–water partition coefficient (Wildman–Crippen LogP) is 2.89. The third kappa shape index (κ3) is 3.84. The molecule has 124 valence electrons. The first kappa shape index (κ1) is 16.3. The van der Waals surface area contributed by atoms with E-state index in [0.29, 0.717) is 5.52 Å². The zero-order valence-electron chi connectivity index (χ0n) is 12.9. The number of nitrogen functional groups attached to an aromatic ring is 1. The van der Waals surface area contributed by atoms with Crippen molar-refractivity contribution in [1.82, 2.24) is 14.6 Å². The normalized spacial score (nSPS) is 21.0. The van der Waals surface area contributed by atoms with E-state index >= 15 is 0 Å². The maximum absolute atomic E-state index is 13.6. The third-order valence-corrected chi connectivity index (χ3v) is 5.19. The van der Waals surface area contributed by atoms with Gasteiger partial charge in [0.15, 0.2) is 5.82 Å². The largest absolute Gasteiger partial charge is 0.392 e. The molecule has 0 aromatic carbocycles. The molecule has 0 spiro atoms. The van der Waals surface area contributed by atoms with Gasteiger partial charge in [0.05, 0.1) is 18.0 Å². The van der Waals surface area contributed by atoms with E-state index in [4.69, 9.17) is 10.8 Å². The van der Waals surface area contributed by atoms with Crippen LogP contribution >= 0.6 is 11.8 Å². The number of allylic oxidation sites excluding steroid dienone is 2. The number of aliphatic hydroxyl groups is 1. The zero-order chi connectivity index (χ0) is 16.2. The second kappa shape index (κ2) is 7.31. The van der Waals surface area contributed by atoms with Gasteiger partial charge in [0.25, 0.3) is 0 Å². The number of aliphatic hydroxyl groups excluding tert-OH is 1. The van der Waals surface area contributed by atoms with E-state index in [9.17, 15) is 4.39 Å². The molecule has 3 N–H and O–H groups in total. The quantitative estimate of drug-likeness (QED) is 0.837. The smallest absolute Gasteiger partial charge is 0.238 e. The standard InChI is InChI=1S/C11H11FN4.C5H10OS/c12-8-5-9(7-3-1-2-4-7)16-10(8)6-14-11(13)15-16;6-5-2-1-3-7-4-5/h3,5-6H,1-2,4H2,(H2,13,15);5-6H,1-4H2. The summed E-state index contributed by atoms with van der Waals surface area (Å²) < 4.78 is 15.2. The number of hydrogen-bond acceptors (Lipinski definition) is 5. The number of aromatic nitrogens is 3. The molecule has 23 heavy (non-hydrogen) atoms. The first-order valence-corrected chi connectivity index (χ1v) is 9.05. The molecular formula is C16H21FN4OS. The van der Waals surface area contributed by atoms with Crippen molar-refractivity contribution >= 4 is 28.8 Å². The van der Waals surface area contributed by atoms with E-state index in [1.165, 1.54) is 29.0 Å². The Morgan fingerprint density at radius 1 is 1.39 bits per heavy atom. The Labute approximate surface area is 138 Å². The van der Waals surface area contributed by atoms with Crippen LogP contribution in [0.1, 0.15) is 37.8 Å². The third-order valence-electron chi connectivity index (χ3n) is 3.99. The minimum Gasteiger partial charge on any atom is -0.392 e. The molecule has 1 fully saturated rings. The van der Waals surface area contributed by atoms with Crippen molar-refractivity contribution in [3.63, 3.8) is 0 Å². The summed E-state index contributed by atoms with van der Waals surface area (Å²) >= 11 is 1.85. The molecule has 1 aliphatic heterocycles. The van der Waals surface area contributed by atoms with Crippen molar-refractivity contribution in [3.8, 4) is 0 Å². The second-order valence-electron chi connectivity index (χ2n) is 5.78. The van der Waals surface area contributed by atoms with Gasteiger partial charge in [0.2, 0.25) is 5.95 Å². The van der Waals surface area contributed by atoms with Crippen LogP contribution in [-0.2, 0) is 0 Å². The van der Waals surface area contributed by atoms with E-state index in [-0.39, 0.29) is 17.9 Å². The molecule has 0 saturated carbocycles. The summed E-state index contributed by atoms with van der Waals surface area (Å²) in [5, 5.41) is 12.9. The average molecular weight is 336 g/mol. The molecule has 0 bridgehead atoms. The van der Waals surface area contributed by atoms with Crippen molar-refractivity contribution < 1.29 is 9.50 Å². The molecule has 1 aliphatic carbocycles. The van der Waals surface area contributed by atoms with Crippen LogP contribution in [0.3, 0.4) is 0 Å². The lowest BCUT2D eigenvalue weighted by molar-refractivity contribution is 0.185. The first-order valence-electron chi connectivity index (χ1n) is 7.90. The summed E-state index contributed by atoms with van der Waals surface area (Å²) in [4.78, 5) is 3.79. The number of halogens is 1. The number of rotatable bonds is 1. The van der Waals surface area contributed by atoms with E-state index in [2.05, 4.69) is 16.2 Å². The van der Waals surface area contributed by atoms with Crippen molar-refractivity contribution in [2.45, 2.75) is 38.2 Å². The lowest BCUT2D eigenvalue weighted by Crippen LogP contribution is -2.14. The number of nitrogens with two attached hydrogens (primary N) is 1. The van der Waals surface area contributed by atoms with Gasteiger partial charge in [-0.05, 0) is 43.4 Å². The van der Waals surface area contributed by atoms with Crippen molar-refractivity contribution in [2.24, 2.45) is 0 Å². The molecule has 7 heteroatoms. The van der Waals surface area contributed by atoms with Gasteiger partial charge in [-0.15, -0.1) is 5.10 Å². The fraction of sp³-hybridized carbons (Fsp3) is 0.500. The van der Waals surface area contributed by atoms with Crippen LogP contribution in [0, 0.1) is 5.82 Å². The second-order valence-corrected chi connectivity index (χ2v) is 6.93. The van der Waals surface area contributed by atoms with Gasteiger partial charge in [-0.3, -0.25) is 0 Å². The topological polar surface area (TPSA) is 76.4 Å². The number of fused-ring (bicyclic) bond motifs is 1. The van der Waals surface area contributed by atoms with Crippen molar-refractivity contribution in [1.29, 1.82) is 0 Å². The molecule has 1 unspecified atom stereocenters. The SMILES string of the molecule is Nc1ncc2c(F)cc(C3=CCCC3)n2n1.OC1CCCSC1. The summed E-state index contributed by atoms with van der Waals surface area (Å²) in [5.41, 5.74) is 7.81. The predicted molar refractivity (Wildman–Crippen MR) is 91.8 cm³/mol. The highest BCUT2D eigenvalue weighted by molar-refractivity contribution is 7.99. The molecule has 1 saturated heterocycles. The van der Waals surface area contributed by atoms with E-state index < -0.39 is 0 Å². The Morgan fingerprint density at radius 2 is 2.26 bits per heavy atom. The van der Waals surface area contributed by atoms with Crippen molar-refractivity contribution in [3.05, 3.63) is 29.9 Å². The molecule has 4 rings (SSSR count). The summed E-state index contributed by atoms with van der Waals surface area (Å²) in [6.45, 7) is 0. The molecule has 0 amide bonds. The summed E-state index contributed by atoms with van der Waals surface area (Å²) in [6.07, 6.45) is 8.89. The Hall–Kier alpha value is -1.60. The maximum atomic E-state index is 13.6. The Balaban J connectivity index is 0.000000188. The van der Waals surface area contributed by atoms with Crippen LogP contribution in [0.4, 0.5) is 10.3 Å². The summed E-state index contributed by atoms with van der Waals surface area (Å²) in [7, 11) is 0. The lowest BCUT2D eigenvalue weighted by Gasteiger charge is -2.14. The average Bonchev–Trinajstić information content (AvgIpc) is 3.17. The summed E-state index contributed by atoms with van der Waals surface area (Å²) in [5.74, 6) is 2.06. The molecule has 0 radical (unpaired) electrons. The van der Waals surface area contributed by atoms with Gasteiger partial charge in [-0.25, -0.2) is 13.9 Å². The van der Waals surface area contributed by atoms with Crippen LogP contribution in [0.25, 0.3) is 11.1 Å². The highest BCUT2D eigenvalue weighted by Gasteiger charge is 2.16. The fourth-order valence-electron chi connectivity index (χ4n) is 2.82. The molecule has 2 aromatic heterocycles. The highest BCUT2D eigenvalue weighted by atomic mass is 32.2. The molecule has 5 nitrogen and oxygen atoms in total. The fourth-order valence-corrected chi connectivity index (χ4v) is 3.80. The number of thioether (sulfide) groups is 1. The highest BCUT2D eigenvalue weighted by Crippen LogP contribution is 2.29. The number of anilines is 1. The van der Waals surface area contributed by atoms with Crippen LogP contribution in [-0.4, -0.2) is 37.3 Å². The van der Waals surface area contributed by atoms with Gasteiger partial charge in [-0.2, -0.15) is 11.8 Å². The van der Waals surface area contributed by atoms with Gasteiger partial charge in [0.1, 0.15) is 5.52 Å². The van der Waals surface area contributed by atoms with Gasteiger partial charge >= 0.3 is 0 Å². The minimum atomic E-state index is -0.303. The molecular weight excluding hydrogens is 315 g/mol. The van der Waals surface area contributed by atoms with E-state index in [1.807, 2.05) is 11.8 Å². The Morgan fingerprint density at radius 3 is 2.87 bits per heavy atom. The summed E-state index contributed by atoms with van der Waals surface area (Å²) in [6, 6.07) is 1.50. The monoisotopic (exact) mass is 336 g/mol. The van der Waals surface area contributed by atoms with E-state index in [1.54, 1.807) is 0 Å². The lowest BCUT2D eigenvalue weighted by atomic mass is 10.2. The Bertz CT molecular complexity index is 709. The van der Waals surface area contributed by atoms with E-state index in [0.717, 1.165) is 42.7 Å². The Kier molecular flexibility index (Phi) is 5.17. The molecule has 2 aromatic rings. The van der Waals surface area contributed by atoms with Crippen LogP contribution in [0.15, 0.2) is 18.3 Å². The molecule has 1 atom stereocenters. The van der Waals surface area contributed by atoms with Gasteiger partial charge in [-0.1, -0.05) is 6.08 Å². The molecule has 3 heterocycles. The van der Waals surface area contributed by atoms with Crippen LogP contribution in [0.2, 0.25) is 0 Å². The van der Waals surface area contributed by atoms with Crippen molar-refractivity contribution in [2.75, 3.05) is 17.2 Å². The zero-order valence-corrected chi connectivity index (χ0v) is 13.7. The van der Waals surface area contributed by atoms with Gasteiger partial charge < -0.3 is 10.8 Å². The number of hydrogen-bond donors (Lipinski definition) is 2. The maximum Gasteiger partial charge on any atom is 0.238 e.